The lowest BCUT2D eigenvalue weighted by Crippen LogP contribution is -2.33. The molecule has 0 aromatic carbocycles. The van der Waals surface area contributed by atoms with Gasteiger partial charge in [-0.1, -0.05) is 13.8 Å². The summed E-state index contributed by atoms with van der Waals surface area (Å²) in [5.41, 5.74) is 0.203. The van der Waals surface area contributed by atoms with Crippen molar-refractivity contribution < 1.29 is 9.31 Å². The van der Waals surface area contributed by atoms with Crippen LogP contribution in [0.2, 0.25) is 0 Å². The van der Waals surface area contributed by atoms with Crippen LogP contribution < -0.4 is 0 Å². The fourth-order valence-electron chi connectivity index (χ4n) is 0.609. The lowest BCUT2D eigenvalue weighted by atomic mass is 9.94. The van der Waals surface area contributed by atoms with Gasteiger partial charge in [-0.2, -0.15) is 0 Å². The predicted molar refractivity (Wildman–Crippen MR) is 31.4 cm³/mol. The molecule has 0 unspecified atom stereocenters. The van der Waals surface area contributed by atoms with Crippen molar-refractivity contribution in [3.05, 3.63) is 0 Å². The monoisotopic (exact) mass is 113 g/mol. The van der Waals surface area contributed by atoms with Crippen molar-refractivity contribution in [2.24, 2.45) is 5.41 Å². The van der Waals surface area contributed by atoms with Crippen molar-refractivity contribution in [1.82, 2.24) is 0 Å². The van der Waals surface area contributed by atoms with Crippen molar-refractivity contribution in [1.29, 1.82) is 0 Å². The topological polar surface area (TPSA) is 18.5 Å². The molecule has 2 nitrogen and oxygen atoms in total. The van der Waals surface area contributed by atoms with Gasteiger partial charge < -0.3 is 9.31 Å². The van der Waals surface area contributed by atoms with Gasteiger partial charge in [0.05, 0.1) is 0 Å². The molecule has 0 aliphatic carbocycles. The van der Waals surface area contributed by atoms with Gasteiger partial charge in [-0.25, -0.2) is 0 Å². The molecule has 0 N–H and O–H groups in total. The molecule has 1 aliphatic rings. The van der Waals surface area contributed by atoms with Gasteiger partial charge in [-0.3, -0.25) is 0 Å². The van der Waals surface area contributed by atoms with Crippen molar-refractivity contribution in [3.63, 3.8) is 0 Å². The van der Waals surface area contributed by atoms with E-state index in [-0.39, 0.29) is 5.41 Å². The summed E-state index contributed by atoms with van der Waals surface area (Å²) in [7, 11) is 1.41. The lowest BCUT2D eigenvalue weighted by molar-refractivity contribution is 0.0431. The van der Waals surface area contributed by atoms with Crippen LogP contribution in [0.5, 0.6) is 0 Å². The van der Waals surface area contributed by atoms with Crippen molar-refractivity contribution >= 4 is 7.69 Å². The molecule has 1 fully saturated rings. The summed E-state index contributed by atoms with van der Waals surface area (Å²) in [6.45, 7) is 5.76. The summed E-state index contributed by atoms with van der Waals surface area (Å²) in [6, 6.07) is 0. The second kappa shape index (κ2) is 2.07. The van der Waals surface area contributed by atoms with Gasteiger partial charge >= 0.3 is 7.69 Å². The second-order valence-electron chi connectivity index (χ2n) is 2.88. The molecule has 1 aliphatic heterocycles. The molecule has 0 spiro atoms. The van der Waals surface area contributed by atoms with Crippen LogP contribution in [0.4, 0.5) is 0 Å². The smallest absolute Gasteiger partial charge is 0.413 e. The third-order valence-corrected chi connectivity index (χ3v) is 1.08. The molecule has 0 bridgehead atoms. The molecule has 1 radical (unpaired) electrons. The standard InChI is InChI=1S/C5H10BO2/c1-5(2)3-7-6-8-4-5/h3-4H2,1-2H3. The largest absolute Gasteiger partial charge is 0.488 e. The third kappa shape index (κ3) is 1.49. The summed E-state index contributed by atoms with van der Waals surface area (Å²) in [5, 5.41) is 0. The fraction of sp³-hybridized carbons (Fsp3) is 1.00. The van der Waals surface area contributed by atoms with Crippen LogP contribution in [0.15, 0.2) is 0 Å². The van der Waals surface area contributed by atoms with E-state index in [1.165, 1.54) is 7.69 Å². The Morgan fingerprint density at radius 3 is 2.00 bits per heavy atom. The van der Waals surface area contributed by atoms with Crippen LogP contribution in [-0.4, -0.2) is 20.9 Å². The molecule has 1 saturated heterocycles. The molecule has 1 heterocycles. The van der Waals surface area contributed by atoms with Gasteiger partial charge in [-0.15, -0.1) is 0 Å². The van der Waals surface area contributed by atoms with Crippen molar-refractivity contribution in [3.8, 4) is 0 Å². The van der Waals surface area contributed by atoms with E-state index in [1.54, 1.807) is 0 Å². The highest BCUT2D eigenvalue weighted by Gasteiger charge is 2.22. The molecule has 0 aromatic heterocycles. The minimum atomic E-state index is 0.203. The fourth-order valence-corrected chi connectivity index (χ4v) is 0.609. The van der Waals surface area contributed by atoms with Crippen LogP contribution in [0.3, 0.4) is 0 Å². The Bertz CT molecular complexity index is 74.5. The third-order valence-electron chi connectivity index (χ3n) is 1.08. The highest BCUT2D eigenvalue weighted by Crippen LogP contribution is 2.18. The average Bonchev–Trinajstić information content (AvgIpc) is 1.65. The van der Waals surface area contributed by atoms with E-state index >= 15 is 0 Å². The number of hydrogen-bond donors (Lipinski definition) is 0. The highest BCUT2D eigenvalue weighted by molar-refractivity contribution is 6.18. The minimum absolute atomic E-state index is 0.203. The van der Waals surface area contributed by atoms with E-state index < -0.39 is 0 Å². The predicted octanol–water partition coefficient (Wildman–Crippen LogP) is 0.594. The number of hydrogen-bond acceptors (Lipinski definition) is 2. The zero-order chi connectivity index (χ0) is 6.04. The Kier molecular flexibility index (Phi) is 1.58. The molecular formula is C5H10BO2. The van der Waals surface area contributed by atoms with E-state index in [9.17, 15) is 0 Å². The van der Waals surface area contributed by atoms with Crippen LogP contribution in [-0.2, 0) is 9.31 Å². The van der Waals surface area contributed by atoms with Crippen LogP contribution in [0, 0.1) is 5.41 Å². The first-order valence-corrected chi connectivity index (χ1v) is 2.76. The zero-order valence-electron chi connectivity index (χ0n) is 5.31. The van der Waals surface area contributed by atoms with Gasteiger partial charge in [0.1, 0.15) is 0 Å². The van der Waals surface area contributed by atoms with Crippen molar-refractivity contribution in [2.75, 3.05) is 13.2 Å². The van der Waals surface area contributed by atoms with E-state index in [2.05, 4.69) is 13.8 Å². The van der Waals surface area contributed by atoms with Gasteiger partial charge in [-0.05, 0) is 0 Å². The van der Waals surface area contributed by atoms with Crippen LogP contribution in [0.25, 0.3) is 0 Å². The number of rotatable bonds is 0. The van der Waals surface area contributed by atoms with Crippen LogP contribution >= 0.6 is 0 Å². The summed E-state index contributed by atoms with van der Waals surface area (Å²) < 4.78 is 9.88. The van der Waals surface area contributed by atoms with Gasteiger partial charge in [0.15, 0.2) is 0 Å². The SMILES string of the molecule is CC1(C)CO[B]OC1. The van der Waals surface area contributed by atoms with E-state index in [0.717, 1.165) is 13.2 Å². The summed E-state index contributed by atoms with van der Waals surface area (Å²) in [4.78, 5) is 0. The molecule has 0 amide bonds. The molecule has 8 heavy (non-hydrogen) atoms. The van der Waals surface area contributed by atoms with E-state index in [4.69, 9.17) is 9.31 Å². The first kappa shape index (κ1) is 6.11. The van der Waals surface area contributed by atoms with Gasteiger partial charge in [0.25, 0.3) is 0 Å². The maximum atomic E-state index is 4.94. The molecule has 0 aromatic rings. The molecular weight excluding hydrogens is 103 g/mol. The van der Waals surface area contributed by atoms with Gasteiger partial charge in [0, 0.05) is 18.6 Å². The Hall–Kier alpha value is -0.0151. The highest BCUT2D eigenvalue weighted by atomic mass is 16.6. The van der Waals surface area contributed by atoms with Crippen molar-refractivity contribution in [2.45, 2.75) is 13.8 Å². The Morgan fingerprint density at radius 2 is 1.75 bits per heavy atom. The molecule has 0 saturated carbocycles. The maximum Gasteiger partial charge on any atom is 0.488 e. The quantitative estimate of drug-likeness (QED) is 0.428. The normalized spacial score (nSPS) is 26.8. The van der Waals surface area contributed by atoms with E-state index in [1.807, 2.05) is 0 Å². The molecule has 1 rings (SSSR count). The Balaban J connectivity index is 2.33. The second-order valence-corrected chi connectivity index (χ2v) is 2.88. The first-order valence-electron chi connectivity index (χ1n) is 2.76. The molecule has 3 heteroatoms. The molecule has 0 atom stereocenters. The maximum absolute atomic E-state index is 4.94. The van der Waals surface area contributed by atoms with E-state index in [0.29, 0.717) is 0 Å². The summed E-state index contributed by atoms with van der Waals surface area (Å²) in [5.74, 6) is 0. The summed E-state index contributed by atoms with van der Waals surface area (Å²) in [6.07, 6.45) is 0. The Labute approximate surface area is 50.5 Å². The first-order chi connectivity index (χ1) is 3.71. The minimum Gasteiger partial charge on any atom is -0.413 e. The van der Waals surface area contributed by atoms with Crippen LogP contribution in [0.1, 0.15) is 13.8 Å². The Morgan fingerprint density at radius 1 is 1.25 bits per heavy atom. The zero-order valence-corrected chi connectivity index (χ0v) is 5.31. The molecule has 45 valence electrons. The average molecular weight is 113 g/mol. The van der Waals surface area contributed by atoms with Gasteiger partial charge in [0.2, 0.25) is 0 Å². The summed E-state index contributed by atoms with van der Waals surface area (Å²) >= 11 is 0. The lowest BCUT2D eigenvalue weighted by Gasteiger charge is -2.28.